The minimum atomic E-state index is -0.569. The second-order valence-electron chi connectivity index (χ2n) is 3.13. The molecule has 0 saturated heterocycles. The molecule has 0 heterocycles. The number of nitrogens with one attached hydrogen (secondary N) is 2. The van der Waals surface area contributed by atoms with Crippen molar-refractivity contribution >= 4 is 23.2 Å². The predicted octanol–water partition coefficient (Wildman–Crippen LogP) is 0.681. The minimum Gasteiger partial charge on any atom is -0.325 e. The van der Waals surface area contributed by atoms with E-state index in [4.69, 9.17) is 5.73 Å². The van der Waals surface area contributed by atoms with Gasteiger partial charge in [-0.25, -0.2) is 4.39 Å². The average molecular weight is 225 g/mol. The lowest BCUT2D eigenvalue weighted by Gasteiger charge is -2.07. The zero-order valence-electron chi connectivity index (χ0n) is 8.71. The summed E-state index contributed by atoms with van der Waals surface area (Å²) in [6.45, 7) is 1.11. The Hall–Kier alpha value is -1.95. The summed E-state index contributed by atoms with van der Waals surface area (Å²) in [6, 6.07) is 3.86. The summed E-state index contributed by atoms with van der Waals surface area (Å²) in [6.07, 6.45) is 0. The molecule has 0 radical (unpaired) electrons. The largest absolute Gasteiger partial charge is 0.325 e. The summed E-state index contributed by atoms with van der Waals surface area (Å²) in [5, 5.41) is 4.76. The smallest absolute Gasteiger partial charge is 0.238 e. The fourth-order valence-electron chi connectivity index (χ4n) is 1.10. The van der Waals surface area contributed by atoms with Crippen molar-refractivity contribution in [2.75, 3.05) is 17.2 Å². The van der Waals surface area contributed by atoms with E-state index < -0.39 is 5.82 Å². The second-order valence-corrected chi connectivity index (χ2v) is 3.13. The van der Waals surface area contributed by atoms with Gasteiger partial charge >= 0.3 is 0 Å². The van der Waals surface area contributed by atoms with Gasteiger partial charge < -0.3 is 16.4 Å². The normalized spacial score (nSPS) is 9.69. The summed E-state index contributed by atoms with van der Waals surface area (Å²) < 4.78 is 13.2. The van der Waals surface area contributed by atoms with Crippen LogP contribution in [0.2, 0.25) is 0 Å². The molecule has 0 fully saturated rings. The lowest BCUT2D eigenvalue weighted by Crippen LogP contribution is -2.22. The highest BCUT2D eigenvalue weighted by molar-refractivity contribution is 5.94. The monoisotopic (exact) mass is 225 g/mol. The molecule has 4 N–H and O–H groups in total. The third kappa shape index (κ3) is 3.32. The Labute approximate surface area is 91.8 Å². The number of hydrogen-bond donors (Lipinski definition) is 3. The summed E-state index contributed by atoms with van der Waals surface area (Å²) >= 11 is 0. The van der Waals surface area contributed by atoms with E-state index in [1.54, 1.807) is 0 Å². The van der Waals surface area contributed by atoms with E-state index in [0.717, 1.165) is 6.07 Å². The Bertz CT molecular complexity index is 421. The summed E-state index contributed by atoms with van der Waals surface area (Å²) in [5.74, 6) is -1.34. The van der Waals surface area contributed by atoms with Crippen LogP contribution in [0.15, 0.2) is 18.2 Å². The summed E-state index contributed by atoms with van der Waals surface area (Å²) in [7, 11) is 0. The molecule has 0 atom stereocenters. The summed E-state index contributed by atoms with van der Waals surface area (Å²) in [4.78, 5) is 21.8. The van der Waals surface area contributed by atoms with Crippen molar-refractivity contribution in [3.05, 3.63) is 24.0 Å². The third-order valence-corrected chi connectivity index (χ3v) is 1.75. The van der Waals surface area contributed by atoms with Crippen LogP contribution < -0.4 is 16.4 Å². The average Bonchev–Trinajstić information content (AvgIpc) is 2.22. The van der Waals surface area contributed by atoms with Gasteiger partial charge in [-0.2, -0.15) is 0 Å². The molecule has 1 aromatic rings. The highest BCUT2D eigenvalue weighted by Gasteiger charge is 2.06. The fourth-order valence-corrected chi connectivity index (χ4v) is 1.10. The van der Waals surface area contributed by atoms with Gasteiger partial charge in [-0.3, -0.25) is 9.59 Å². The van der Waals surface area contributed by atoms with Crippen LogP contribution in [0.5, 0.6) is 0 Å². The minimum absolute atomic E-state index is 0.0160. The number of halogens is 1. The molecule has 0 aliphatic heterocycles. The molecule has 6 heteroatoms. The van der Waals surface area contributed by atoms with Crippen molar-refractivity contribution in [1.82, 2.24) is 0 Å². The zero-order valence-corrected chi connectivity index (χ0v) is 8.71. The molecule has 0 unspecified atom stereocenters. The van der Waals surface area contributed by atoms with Crippen LogP contribution in [-0.2, 0) is 9.59 Å². The van der Waals surface area contributed by atoms with Gasteiger partial charge in [-0.05, 0) is 18.2 Å². The van der Waals surface area contributed by atoms with Gasteiger partial charge in [0.05, 0.1) is 12.2 Å². The third-order valence-electron chi connectivity index (χ3n) is 1.75. The van der Waals surface area contributed by atoms with Crippen LogP contribution in [0.4, 0.5) is 15.8 Å². The quantitative estimate of drug-likeness (QED) is 0.707. The molecule has 2 amide bonds. The van der Waals surface area contributed by atoms with Gasteiger partial charge in [-0.15, -0.1) is 0 Å². The first kappa shape index (κ1) is 12.1. The van der Waals surface area contributed by atoms with E-state index in [-0.39, 0.29) is 24.0 Å². The van der Waals surface area contributed by atoms with Crippen LogP contribution in [0.3, 0.4) is 0 Å². The van der Waals surface area contributed by atoms with Crippen LogP contribution in [0.1, 0.15) is 6.92 Å². The van der Waals surface area contributed by atoms with E-state index >= 15 is 0 Å². The topological polar surface area (TPSA) is 84.2 Å². The van der Waals surface area contributed by atoms with Crippen molar-refractivity contribution < 1.29 is 14.0 Å². The molecular formula is C10H12FN3O2. The van der Waals surface area contributed by atoms with Crippen LogP contribution in [0, 0.1) is 5.82 Å². The fraction of sp³-hybridized carbons (Fsp3) is 0.200. The van der Waals surface area contributed by atoms with E-state index in [1.165, 1.54) is 19.1 Å². The number of benzene rings is 1. The molecule has 0 aliphatic carbocycles. The van der Waals surface area contributed by atoms with Crippen molar-refractivity contribution in [3.8, 4) is 0 Å². The van der Waals surface area contributed by atoms with E-state index in [0.29, 0.717) is 5.69 Å². The molecule has 0 spiro atoms. The molecule has 1 aromatic carbocycles. The van der Waals surface area contributed by atoms with Crippen LogP contribution in [-0.4, -0.2) is 18.4 Å². The molecular weight excluding hydrogens is 213 g/mol. The number of amides is 2. The predicted molar refractivity (Wildman–Crippen MR) is 58.4 cm³/mol. The van der Waals surface area contributed by atoms with Crippen molar-refractivity contribution in [1.29, 1.82) is 0 Å². The lowest BCUT2D eigenvalue weighted by molar-refractivity contribution is -0.115. The van der Waals surface area contributed by atoms with Gasteiger partial charge in [0.25, 0.3) is 0 Å². The number of hydrogen-bond acceptors (Lipinski definition) is 3. The van der Waals surface area contributed by atoms with Crippen LogP contribution in [0.25, 0.3) is 0 Å². The van der Waals surface area contributed by atoms with Crippen LogP contribution >= 0.6 is 0 Å². The Morgan fingerprint density at radius 3 is 2.62 bits per heavy atom. The molecule has 0 saturated carbocycles. The molecule has 1 rings (SSSR count). The maximum Gasteiger partial charge on any atom is 0.238 e. The van der Waals surface area contributed by atoms with Gasteiger partial charge in [0.2, 0.25) is 11.8 Å². The Morgan fingerprint density at radius 1 is 1.38 bits per heavy atom. The Balaban J connectivity index is 2.88. The van der Waals surface area contributed by atoms with E-state index in [9.17, 15) is 14.0 Å². The Morgan fingerprint density at radius 2 is 2.06 bits per heavy atom. The van der Waals surface area contributed by atoms with Gasteiger partial charge in [0, 0.05) is 12.6 Å². The van der Waals surface area contributed by atoms with Crippen molar-refractivity contribution in [2.24, 2.45) is 5.73 Å². The number of anilines is 2. The van der Waals surface area contributed by atoms with Gasteiger partial charge in [0.1, 0.15) is 5.82 Å². The summed E-state index contributed by atoms with van der Waals surface area (Å²) in [5.41, 5.74) is 5.50. The van der Waals surface area contributed by atoms with E-state index in [1.807, 2.05) is 0 Å². The van der Waals surface area contributed by atoms with Crippen molar-refractivity contribution in [2.45, 2.75) is 6.92 Å². The molecule has 5 nitrogen and oxygen atoms in total. The first-order chi connectivity index (χ1) is 7.52. The first-order valence-electron chi connectivity index (χ1n) is 4.60. The van der Waals surface area contributed by atoms with E-state index in [2.05, 4.69) is 10.6 Å². The lowest BCUT2D eigenvalue weighted by atomic mass is 10.2. The maximum atomic E-state index is 13.2. The first-order valence-corrected chi connectivity index (χ1v) is 4.60. The second kappa shape index (κ2) is 5.22. The SMILES string of the molecule is CC(=O)Nc1cc(NC(=O)CN)ccc1F. The molecule has 0 aliphatic rings. The highest BCUT2D eigenvalue weighted by Crippen LogP contribution is 2.19. The van der Waals surface area contributed by atoms with Crippen molar-refractivity contribution in [3.63, 3.8) is 0 Å². The maximum absolute atomic E-state index is 13.2. The van der Waals surface area contributed by atoms with Gasteiger partial charge in [-0.1, -0.05) is 0 Å². The molecule has 0 aromatic heterocycles. The molecule has 86 valence electrons. The number of carbonyl (C=O) groups is 2. The number of rotatable bonds is 3. The van der Waals surface area contributed by atoms with Gasteiger partial charge in [0.15, 0.2) is 0 Å². The Kier molecular flexibility index (Phi) is 3.96. The number of nitrogens with two attached hydrogens (primary N) is 1. The molecule has 16 heavy (non-hydrogen) atoms. The zero-order chi connectivity index (χ0) is 12.1. The standard InChI is InChI=1S/C10H12FN3O2/c1-6(15)13-9-4-7(2-3-8(9)11)14-10(16)5-12/h2-4H,5,12H2,1H3,(H,13,15)(H,14,16). The molecule has 0 bridgehead atoms. The highest BCUT2D eigenvalue weighted by atomic mass is 19.1. The number of carbonyl (C=O) groups excluding carboxylic acids is 2.